The van der Waals surface area contributed by atoms with Gasteiger partial charge in [-0.2, -0.15) is 4.98 Å². The number of halogens is 2. The minimum Gasteiger partial charge on any atom is -0.395 e. The quantitative estimate of drug-likeness (QED) is 0.422. The Morgan fingerprint density at radius 1 is 1.07 bits per heavy atom. The van der Waals surface area contributed by atoms with Crippen LogP contribution in [0.5, 0.6) is 0 Å². The number of nitrogens with one attached hydrogen (secondary N) is 2. The molecule has 1 spiro atoms. The molecule has 2 atom stereocenters. The van der Waals surface area contributed by atoms with Crippen molar-refractivity contribution < 1.29 is 27.1 Å². The third-order valence-corrected chi connectivity index (χ3v) is 10.2. The molecular formula is C28H36F2N6O4S. The summed E-state index contributed by atoms with van der Waals surface area (Å²) in [6.07, 6.45) is 6.11. The van der Waals surface area contributed by atoms with Crippen LogP contribution in [0.1, 0.15) is 67.4 Å². The normalized spacial score (nSPS) is 24.4. The van der Waals surface area contributed by atoms with Crippen LogP contribution in [0.15, 0.2) is 24.3 Å². The summed E-state index contributed by atoms with van der Waals surface area (Å²) in [5.74, 6) is -2.95. The molecule has 1 saturated carbocycles. The fourth-order valence-electron chi connectivity index (χ4n) is 6.75. The van der Waals surface area contributed by atoms with Gasteiger partial charge in [0.2, 0.25) is 16.0 Å². The van der Waals surface area contributed by atoms with Crippen molar-refractivity contribution in [2.75, 3.05) is 45.3 Å². The van der Waals surface area contributed by atoms with Crippen molar-refractivity contribution >= 4 is 39.1 Å². The van der Waals surface area contributed by atoms with E-state index in [2.05, 4.69) is 24.9 Å². The van der Waals surface area contributed by atoms with Crippen molar-refractivity contribution in [3.05, 3.63) is 35.5 Å². The number of nitrogens with zero attached hydrogens (tertiary/aromatic N) is 4. The Kier molecular flexibility index (Phi) is 7.08. The number of carbonyl (C=O) groups is 1. The van der Waals surface area contributed by atoms with E-state index in [9.17, 15) is 22.0 Å². The van der Waals surface area contributed by atoms with Gasteiger partial charge in [-0.15, -0.1) is 0 Å². The van der Waals surface area contributed by atoms with Gasteiger partial charge in [0.25, 0.3) is 11.8 Å². The van der Waals surface area contributed by atoms with Gasteiger partial charge in [0, 0.05) is 49.8 Å². The van der Waals surface area contributed by atoms with E-state index in [1.165, 1.54) is 12.8 Å². The van der Waals surface area contributed by atoms with Gasteiger partial charge in [-0.25, -0.2) is 22.2 Å². The smallest absolute Gasteiger partial charge is 0.258 e. The molecule has 1 amide bonds. The highest BCUT2D eigenvalue weighted by atomic mass is 32.2. The molecule has 13 heteroatoms. The van der Waals surface area contributed by atoms with E-state index in [4.69, 9.17) is 5.11 Å². The van der Waals surface area contributed by atoms with Gasteiger partial charge in [-0.1, -0.05) is 0 Å². The Bertz CT molecular complexity index is 1430. The van der Waals surface area contributed by atoms with E-state index in [0.29, 0.717) is 34.0 Å². The van der Waals surface area contributed by atoms with Gasteiger partial charge in [-0.3, -0.25) is 9.52 Å². The topological polar surface area (TPSA) is 128 Å². The number of amides is 1. The average Bonchev–Trinajstić information content (AvgIpc) is 3.57. The SMILES string of the molecule is Cc1cc(NC(=O)c2ccc(NS(=O)(=O)CCO)cc2N2[C@@H]3CC[C@H]2CC2(CC2)C3)nc(N2CCC(F)(F)CC2)n1. The molecule has 4 heterocycles. The van der Waals surface area contributed by atoms with Crippen LogP contribution < -0.4 is 19.8 Å². The number of sulfonamides is 1. The lowest BCUT2D eigenvalue weighted by molar-refractivity contribution is -0.0222. The first-order chi connectivity index (χ1) is 19.4. The Balaban J connectivity index is 1.29. The molecule has 4 fully saturated rings. The highest BCUT2D eigenvalue weighted by Gasteiger charge is 2.54. The molecule has 41 heavy (non-hydrogen) atoms. The van der Waals surface area contributed by atoms with Gasteiger partial charge in [0.05, 0.1) is 29.3 Å². The zero-order valence-corrected chi connectivity index (χ0v) is 23.9. The molecule has 1 aliphatic carbocycles. The van der Waals surface area contributed by atoms with E-state index in [1.54, 1.807) is 36.1 Å². The van der Waals surface area contributed by atoms with Gasteiger partial charge in [0.1, 0.15) is 5.82 Å². The van der Waals surface area contributed by atoms with Crippen LogP contribution >= 0.6 is 0 Å². The summed E-state index contributed by atoms with van der Waals surface area (Å²) < 4.78 is 54.7. The van der Waals surface area contributed by atoms with Crippen molar-refractivity contribution in [2.24, 2.45) is 5.41 Å². The van der Waals surface area contributed by atoms with Crippen LogP contribution in [0, 0.1) is 12.3 Å². The second kappa shape index (κ2) is 10.3. The predicted molar refractivity (Wildman–Crippen MR) is 152 cm³/mol. The third-order valence-electron chi connectivity index (χ3n) is 8.93. The number of carbonyl (C=O) groups excluding carboxylic acids is 1. The van der Waals surface area contributed by atoms with Crippen molar-refractivity contribution in [3.8, 4) is 0 Å². The summed E-state index contributed by atoms with van der Waals surface area (Å²) >= 11 is 0. The van der Waals surface area contributed by atoms with Crippen LogP contribution in [0.4, 0.5) is 31.9 Å². The van der Waals surface area contributed by atoms with Crippen LogP contribution in [0.2, 0.25) is 0 Å². The van der Waals surface area contributed by atoms with Crippen LogP contribution in [0.3, 0.4) is 0 Å². The number of hydrogen-bond donors (Lipinski definition) is 3. The summed E-state index contributed by atoms with van der Waals surface area (Å²) in [7, 11) is -3.75. The number of rotatable bonds is 8. The zero-order chi connectivity index (χ0) is 29.0. The third kappa shape index (κ3) is 5.97. The molecule has 0 radical (unpaired) electrons. The summed E-state index contributed by atoms with van der Waals surface area (Å²) in [6, 6.07) is 7.06. The minimum absolute atomic E-state index is 0.126. The average molecular weight is 591 g/mol. The number of piperidine rings is 2. The number of fused-ring (bicyclic) bond motifs is 2. The largest absolute Gasteiger partial charge is 0.395 e. The fraction of sp³-hybridized carbons (Fsp3) is 0.607. The lowest BCUT2D eigenvalue weighted by Crippen LogP contribution is -2.44. The number of anilines is 4. The lowest BCUT2D eigenvalue weighted by atomic mass is 9.87. The van der Waals surface area contributed by atoms with Crippen LogP contribution in [0.25, 0.3) is 0 Å². The molecule has 6 rings (SSSR count). The molecule has 10 nitrogen and oxygen atoms in total. The second-order valence-corrected chi connectivity index (χ2v) is 13.9. The summed E-state index contributed by atoms with van der Waals surface area (Å²) in [5, 5.41) is 12.0. The summed E-state index contributed by atoms with van der Waals surface area (Å²) in [6.45, 7) is 1.51. The van der Waals surface area contributed by atoms with E-state index < -0.39 is 34.2 Å². The highest BCUT2D eigenvalue weighted by molar-refractivity contribution is 7.92. The maximum Gasteiger partial charge on any atom is 0.258 e. The standard InChI is InChI=1S/C28H36F2N6O4S/c1-18-14-24(33-26(31-18)35-10-8-28(29,30)9-11-35)32-25(38)22-5-2-19(34-41(39,40)13-12-37)15-23(22)36-20-3-4-21(36)17-27(16-20)6-7-27/h2,5,14-15,20-21,34,37H,3-4,6-13,16-17H2,1H3,(H,31,32,33,38)/t20-,21+. The first-order valence-corrected chi connectivity index (χ1v) is 15.9. The predicted octanol–water partition coefficient (Wildman–Crippen LogP) is 3.92. The molecule has 3 saturated heterocycles. The van der Waals surface area contributed by atoms with Gasteiger partial charge in [-0.05, 0) is 69.1 Å². The van der Waals surface area contributed by atoms with E-state index in [-0.39, 0.29) is 43.8 Å². The summed E-state index contributed by atoms with van der Waals surface area (Å²) in [5.41, 5.74) is 2.41. The first kappa shape index (κ1) is 28.1. The van der Waals surface area contributed by atoms with Crippen molar-refractivity contribution in [1.82, 2.24) is 9.97 Å². The molecule has 3 aliphatic heterocycles. The number of hydrogen-bond acceptors (Lipinski definition) is 8. The lowest BCUT2D eigenvalue weighted by Gasteiger charge is -2.42. The Morgan fingerprint density at radius 2 is 1.76 bits per heavy atom. The van der Waals surface area contributed by atoms with E-state index >= 15 is 0 Å². The number of aryl methyl sites for hydroxylation is 1. The van der Waals surface area contributed by atoms with Gasteiger partial charge < -0.3 is 20.2 Å². The molecule has 0 unspecified atom stereocenters. The number of aliphatic hydroxyl groups is 1. The Labute approximate surface area is 238 Å². The number of alkyl halides is 2. The molecule has 3 N–H and O–H groups in total. The monoisotopic (exact) mass is 590 g/mol. The first-order valence-electron chi connectivity index (χ1n) is 14.3. The van der Waals surface area contributed by atoms with Gasteiger partial charge in [0.15, 0.2) is 0 Å². The molecule has 1 aromatic carbocycles. The molecular weight excluding hydrogens is 554 g/mol. The Hall–Kier alpha value is -3.06. The van der Waals surface area contributed by atoms with E-state index in [0.717, 1.165) is 25.7 Å². The van der Waals surface area contributed by atoms with E-state index in [1.807, 2.05) is 0 Å². The Morgan fingerprint density at radius 3 is 2.39 bits per heavy atom. The van der Waals surface area contributed by atoms with Gasteiger partial charge >= 0.3 is 0 Å². The fourth-order valence-corrected chi connectivity index (χ4v) is 7.58. The van der Waals surface area contributed by atoms with Crippen molar-refractivity contribution in [1.29, 1.82) is 0 Å². The zero-order valence-electron chi connectivity index (χ0n) is 23.1. The molecule has 1 aromatic heterocycles. The maximum atomic E-state index is 13.8. The highest BCUT2D eigenvalue weighted by Crippen LogP contribution is 2.60. The molecule has 4 aliphatic rings. The minimum atomic E-state index is -3.75. The molecule has 222 valence electrons. The maximum absolute atomic E-state index is 13.8. The number of aliphatic hydroxyl groups excluding tert-OH is 1. The molecule has 2 bridgehead atoms. The molecule has 2 aromatic rings. The summed E-state index contributed by atoms with van der Waals surface area (Å²) in [4.78, 5) is 26.6. The van der Waals surface area contributed by atoms with Crippen molar-refractivity contribution in [2.45, 2.75) is 76.3 Å². The number of aromatic nitrogens is 2. The second-order valence-electron chi connectivity index (χ2n) is 12.1. The van der Waals surface area contributed by atoms with Crippen LogP contribution in [-0.4, -0.2) is 72.9 Å². The van der Waals surface area contributed by atoms with Crippen molar-refractivity contribution in [3.63, 3.8) is 0 Å². The number of benzene rings is 1. The van der Waals surface area contributed by atoms with Crippen LogP contribution in [-0.2, 0) is 10.0 Å².